The molecule has 1 aromatic rings. The van der Waals surface area contributed by atoms with E-state index in [1.165, 1.54) is 28.6 Å². The standard InChI is InChI=1S/C18H23N3O6S/c22-16(21-12-9-19-18(21)24)13-27-17(23)14-5-7-15(8-6-14)28(25,26)20-10-3-1-2-4-11-20/h5-8H,1-4,9-13H2,(H,19,24). The van der Waals surface area contributed by atoms with Crippen LogP contribution in [0.4, 0.5) is 4.79 Å². The van der Waals surface area contributed by atoms with Gasteiger partial charge in [0.05, 0.1) is 10.5 Å². The fraction of sp³-hybridized carbons (Fsp3) is 0.500. The van der Waals surface area contributed by atoms with E-state index >= 15 is 0 Å². The highest BCUT2D eigenvalue weighted by atomic mass is 32.2. The molecule has 0 atom stereocenters. The van der Waals surface area contributed by atoms with Crippen LogP contribution in [-0.4, -0.2) is 68.3 Å². The summed E-state index contributed by atoms with van der Waals surface area (Å²) in [6.45, 7) is 1.04. The molecule has 0 saturated carbocycles. The molecule has 0 aromatic heterocycles. The monoisotopic (exact) mass is 409 g/mol. The fourth-order valence-corrected chi connectivity index (χ4v) is 4.71. The third kappa shape index (κ3) is 4.50. The number of carbonyl (C=O) groups excluding carboxylic acids is 3. The predicted octanol–water partition coefficient (Wildman–Crippen LogP) is 0.960. The zero-order chi connectivity index (χ0) is 20.1. The fourth-order valence-electron chi connectivity index (χ4n) is 3.19. The number of esters is 1. The Morgan fingerprint density at radius 2 is 1.64 bits per heavy atom. The average molecular weight is 409 g/mol. The van der Waals surface area contributed by atoms with E-state index in [2.05, 4.69) is 5.32 Å². The first-order chi connectivity index (χ1) is 13.4. The largest absolute Gasteiger partial charge is 0.452 e. The number of imide groups is 1. The molecule has 1 N–H and O–H groups in total. The first-order valence-corrected chi connectivity index (χ1v) is 10.7. The second-order valence-corrected chi connectivity index (χ2v) is 8.63. The summed E-state index contributed by atoms with van der Waals surface area (Å²) in [4.78, 5) is 36.5. The highest BCUT2D eigenvalue weighted by molar-refractivity contribution is 7.89. The van der Waals surface area contributed by atoms with Gasteiger partial charge in [0.2, 0.25) is 10.0 Å². The third-order valence-electron chi connectivity index (χ3n) is 4.78. The molecule has 10 heteroatoms. The van der Waals surface area contributed by atoms with Crippen molar-refractivity contribution in [3.05, 3.63) is 29.8 Å². The Kier molecular flexibility index (Phi) is 6.30. The van der Waals surface area contributed by atoms with Gasteiger partial charge in [-0.15, -0.1) is 0 Å². The lowest BCUT2D eigenvalue weighted by Crippen LogP contribution is -2.37. The van der Waals surface area contributed by atoms with Crippen LogP contribution in [0.15, 0.2) is 29.2 Å². The molecule has 2 fully saturated rings. The molecular weight excluding hydrogens is 386 g/mol. The second kappa shape index (κ2) is 8.70. The third-order valence-corrected chi connectivity index (χ3v) is 6.69. The van der Waals surface area contributed by atoms with Crippen molar-refractivity contribution in [1.29, 1.82) is 0 Å². The number of benzene rings is 1. The summed E-state index contributed by atoms with van der Waals surface area (Å²) in [5.74, 6) is -1.37. The summed E-state index contributed by atoms with van der Waals surface area (Å²) < 4.78 is 31.9. The van der Waals surface area contributed by atoms with Crippen LogP contribution >= 0.6 is 0 Å². The molecule has 9 nitrogen and oxygen atoms in total. The molecule has 1 aromatic carbocycles. The Morgan fingerprint density at radius 1 is 1.00 bits per heavy atom. The molecule has 3 rings (SSSR count). The zero-order valence-electron chi connectivity index (χ0n) is 15.4. The first-order valence-electron chi connectivity index (χ1n) is 9.25. The van der Waals surface area contributed by atoms with Crippen LogP contribution in [0, 0.1) is 0 Å². The molecule has 0 bridgehead atoms. The smallest absolute Gasteiger partial charge is 0.338 e. The maximum absolute atomic E-state index is 12.7. The van der Waals surface area contributed by atoms with Crippen molar-refractivity contribution in [1.82, 2.24) is 14.5 Å². The number of nitrogens with one attached hydrogen (secondary N) is 1. The van der Waals surface area contributed by atoms with Crippen molar-refractivity contribution >= 4 is 27.9 Å². The second-order valence-electron chi connectivity index (χ2n) is 6.70. The van der Waals surface area contributed by atoms with Crippen LogP contribution in [0.5, 0.6) is 0 Å². The van der Waals surface area contributed by atoms with Crippen molar-refractivity contribution in [2.75, 3.05) is 32.8 Å². The molecular formula is C18H23N3O6S. The summed E-state index contributed by atoms with van der Waals surface area (Å²) >= 11 is 0. The van der Waals surface area contributed by atoms with Crippen molar-refractivity contribution < 1.29 is 27.5 Å². The summed E-state index contributed by atoms with van der Waals surface area (Å²) in [5.41, 5.74) is 0.133. The van der Waals surface area contributed by atoms with Gasteiger partial charge in [-0.1, -0.05) is 12.8 Å². The van der Waals surface area contributed by atoms with Crippen molar-refractivity contribution in [3.63, 3.8) is 0 Å². The van der Waals surface area contributed by atoms with E-state index in [0.29, 0.717) is 19.6 Å². The molecule has 28 heavy (non-hydrogen) atoms. The van der Waals surface area contributed by atoms with Crippen molar-refractivity contribution in [3.8, 4) is 0 Å². The van der Waals surface area contributed by atoms with Crippen LogP contribution in [0.25, 0.3) is 0 Å². The quantitative estimate of drug-likeness (QED) is 0.725. The number of rotatable bonds is 5. The number of urea groups is 1. The van der Waals surface area contributed by atoms with E-state index in [9.17, 15) is 22.8 Å². The number of sulfonamides is 1. The summed E-state index contributed by atoms with van der Waals surface area (Å²) in [6.07, 6.45) is 3.72. The van der Waals surface area contributed by atoms with Crippen molar-refractivity contribution in [2.24, 2.45) is 0 Å². The normalized spacial score (nSPS) is 18.4. The Balaban J connectivity index is 1.60. The molecule has 0 radical (unpaired) electrons. The van der Waals surface area contributed by atoms with E-state index in [4.69, 9.17) is 4.74 Å². The minimum Gasteiger partial charge on any atom is -0.452 e. The Morgan fingerprint density at radius 3 is 2.21 bits per heavy atom. The van der Waals surface area contributed by atoms with Gasteiger partial charge in [-0.3, -0.25) is 9.69 Å². The number of ether oxygens (including phenoxy) is 1. The van der Waals surface area contributed by atoms with Gasteiger partial charge >= 0.3 is 12.0 Å². The van der Waals surface area contributed by atoms with Gasteiger partial charge in [-0.25, -0.2) is 18.0 Å². The topological polar surface area (TPSA) is 113 Å². The van der Waals surface area contributed by atoms with E-state index < -0.39 is 34.5 Å². The molecule has 2 saturated heterocycles. The first kappa shape index (κ1) is 20.3. The molecule has 0 unspecified atom stereocenters. The maximum Gasteiger partial charge on any atom is 0.338 e. The van der Waals surface area contributed by atoms with Crippen molar-refractivity contribution in [2.45, 2.75) is 30.6 Å². The summed E-state index contributed by atoms with van der Waals surface area (Å²) in [5, 5.41) is 2.49. The van der Waals surface area contributed by atoms with Gasteiger partial charge in [0.25, 0.3) is 5.91 Å². The summed E-state index contributed by atoms with van der Waals surface area (Å²) in [6, 6.07) is 4.95. The SMILES string of the molecule is O=C(OCC(=O)N1CCNC1=O)c1ccc(S(=O)(=O)N2CCCCCC2)cc1. The van der Waals surface area contributed by atoms with Gasteiger partial charge < -0.3 is 10.1 Å². The number of hydrogen-bond donors (Lipinski definition) is 1. The molecule has 3 amide bonds. The van der Waals surface area contributed by atoms with Crippen LogP contribution < -0.4 is 5.32 Å². The molecule has 0 spiro atoms. The highest BCUT2D eigenvalue weighted by Crippen LogP contribution is 2.21. The Labute approximate surface area is 163 Å². The molecule has 2 heterocycles. The lowest BCUT2D eigenvalue weighted by atomic mass is 10.2. The van der Waals surface area contributed by atoms with Crippen LogP contribution in [0.1, 0.15) is 36.0 Å². The van der Waals surface area contributed by atoms with Gasteiger partial charge in [-0.2, -0.15) is 4.31 Å². The van der Waals surface area contributed by atoms with E-state index in [-0.39, 0.29) is 17.0 Å². The molecule has 2 aliphatic rings. The zero-order valence-corrected chi connectivity index (χ0v) is 16.2. The number of nitrogens with zero attached hydrogens (tertiary/aromatic N) is 2. The number of carbonyl (C=O) groups is 3. The average Bonchev–Trinajstić information content (AvgIpc) is 2.94. The van der Waals surface area contributed by atoms with Gasteiger partial charge in [0.15, 0.2) is 6.61 Å². The van der Waals surface area contributed by atoms with Crippen LogP contribution in [-0.2, 0) is 19.6 Å². The van der Waals surface area contributed by atoms with E-state index in [1.807, 2.05) is 0 Å². The number of amides is 3. The minimum absolute atomic E-state index is 0.121. The highest BCUT2D eigenvalue weighted by Gasteiger charge is 2.27. The Bertz CT molecular complexity index is 845. The molecule has 0 aliphatic carbocycles. The van der Waals surface area contributed by atoms with Gasteiger partial charge in [0, 0.05) is 26.2 Å². The van der Waals surface area contributed by atoms with Crippen LogP contribution in [0.2, 0.25) is 0 Å². The number of hydrogen-bond acceptors (Lipinski definition) is 6. The van der Waals surface area contributed by atoms with E-state index in [1.54, 1.807) is 0 Å². The lowest BCUT2D eigenvalue weighted by molar-refractivity contribution is -0.130. The van der Waals surface area contributed by atoms with Gasteiger partial charge in [-0.05, 0) is 37.1 Å². The lowest BCUT2D eigenvalue weighted by Gasteiger charge is -2.20. The maximum atomic E-state index is 12.7. The summed E-state index contributed by atoms with van der Waals surface area (Å²) in [7, 11) is -3.59. The Hall–Kier alpha value is -2.46. The molecule has 152 valence electrons. The molecule has 2 aliphatic heterocycles. The van der Waals surface area contributed by atoms with Crippen LogP contribution in [0.3, 0.4) is 0 Å². The van der Waals surface area contributed by atoms with E-state index in [0.717, 1.165) is 30.6 Å². The minimum atomic E-state index is -3.59. The predicted molar refractivity (Wildman–Crippen MR) is 99.1 cm³/mol. The van der Waals surface area contributed by atoms with Gasteiger partial charge in [0.1, 0.15) is 0 Å².